The summed E-state index contributed by atoms with van der Waals surface area (Å²) >= 11 is 0. The van der Waals surface area contributed by atoms with Crippen molar-refractivity contribution in [2.24, 2.45) is 11.7 Å². The largest absolute Gasteiger partial charge is 0.508 e. The highest BCUT2D eigenvalue weighted by molar-refractivity contribution is 5.94. The molecule has 0 heterocycles. The number of rotatable bonds is 12. The minimum atomic E-state index is -1.68. The zero-order valence-electron chi connectivity index (χ0n) is 18.6. The van der Waals surface area contributed by atoms with Gasteiger partial charge in [0.2, 0.25) is 17.7 Å². The molecule has 182 valence electrons. The second kappa shape index (κ2) is 12.4. The number of carbonyl (C=O) groups is 5. The highest BCUT2D eigenvalue weighted by atomic mass is 16.4. The number of hydrogen-bond donors (Lipinski definition) is 7. The Hall–Kier alpha value is -3.67. The van der Waals surface area contributed by atoms with E-state index in [0.29, 0.717) is 5.56 Å². The van der Waals surface area contributed by atoms with Crippen molar-refractivity contribution in [1.82, 2.24) is 16.0 Å². The van der Waals surface area contributed by atoms with Gasteiger partial charge >= 0.3 is 11.9 Å². The molecule has 1 aromatic rings. The van der Waals surface area contributed by atoms with Crippen LogP contribution in [0.3, 0.4) is 0 Å². The van der Waals surface area contributed by atoms with Crippen LogP contribution in [-0.4, -0.2) is 69.1 Å². The summed E-state index contributed by atoms with van der Waals surface area (Å²) in [5, 5.41) is 34.6. The molecule has 3 amide bonds. The lowest BCUT2D eigenvalue weighted by atomic mass is 10.00. The number of carbonyl (C=O) groups excluding carboxylic acids is 3. The molecule has 1 aromatic carbocycles. The normalized spacial score (nSPS) is 14.5. The topological polar surface area (TPSA) is 208 Å². The maximum absolute atomic E-state index is 13.0. The third kappa shape index (κ3) is 9.15. The van der Waals surface area contributed by atoms with Gasteiger partial charge in [0.05, 0.1) is 12.5 Å². The quantitative estimate of drug-likeness (QED) is 0.200. The van der Waals surface area contributed by atoms with Crippen molar-refractivity contribution in [2.45, 2.75) is 57.8 Å². The molecular formula is C21H30N4O8. The van der Waals surface area contributed by atoms with Gasteiger partial charge in [0.25, 0.3) is 0 Å². The first kappa shape index (κ1) is 27.4. The average molecular weight is 466 g/mol. The number of phenols is 1. The van der Waals surface area contributed by atoms with E-state index in [2.05, 4.69) is 16.0 Å². The minimum Gasteiger partial charge on any atom is -0.508 e. The second-order valence-electron chi connectivity index (χ2n) is 7.95. The van der Waals surface area contributed by atoms with Crippen LogP contribution in [0.25, 0.3) is 0 Å². The molecule has 0 aliphatic carbocycles. The first-order valence-electron chi connectivity index (χ1n) is 10.2. The highest BCUT2D eigenvalue weighted by Crippen LogP contribution is 2.12. The molecule has 0 aromatic heterocycles. The highest BCUT2D eigenvalue weighted by Gasteiger charge is 2.32. The van der Waals surface area contributed by atoms with Crippen LogP contribution < -0.4 is 21.7 Å². The Kier molecular flexibility index (Phi) is 10.3. The molecule has 0 radical (unpaired) electrons. The molecule has 33 heavy (non-hydrogen) atoms. The molecule has 1 rings (SSSR count). The lowest BCUT2D eigenvalue weighted by Gasteiger charge is -2.26. The smallest absolute Gasteiger partial charge is 0.326 e. The Morgan fingerprint density at radius 2 is 1.39 bits per heavy atom. The van der Waals surface area contributed by atoms with Gasteiger partial charge in [-0.15, -0.1) is 0 Å². The fourth-order valence-corrected chi connectivity index (χ4v) is 2.81. The van der Waals surface area contributed by atoms with Crippen molar-refractivity contribution in [2.75, 3.05) is 0 Å². The van der Waals surface area contributed by atoms with Gasteiger partial charge in [0.1, 0.15) is 23.9 Å². The van der Waals surface area contributed by atoms with Gasteiger partial charge in [-0.1, -0.05) is 26.0 Å². The zero-order chi connectivity index (χ0) is 25.3. The summed E-state index contributed by atoms with van der Waals surface area (Å²) in [4.78, 5) is 59.9. The van der Waals surface area contributed by atoms with E-state index < -0.39 is 66.2 Å². The predicted molar refractivity (Wildman–Crippen MR) is 116 cm³/mol. The van der Waals surface area contributed by atoms with Crippen molar-refractivity contribution in [3.8, 4) is 5.75 Å². The maximum atomic E-state index is 13.0. The number of nitrogens with one attached hydrogen (secondary N) is 3. The van der Waals surface area contributed by atoms with E-state index in [-0.39, 0.29) is 12.2 Å². The first-order chi connectivity index (χ1) is 15.3. The van der Waals surface area contributed by atoms with Crippen LogP contribution in [-0.2, 0) is 30.4 Å². The lowest BCUT2D eigenvalue weighted by Crippen LogP contribution is -2.58. The Bertz CT molecular complexity index is 870. The third-order valence-corrected chi connectivity index (χ3v) is 4.66. The predicted octanol–water partition coefficient (Wildman–Crippen LogP) is -1.05. The standard InChI is InChI=1S/C21H30N4O8/c1-10(2)17(20(31)24-15(21(32)33)9-16(27)28)25-19(30)14(23-18(29)11(3)22)8-12-4-6-13(26)7-5-12/h4-7,10-11,14-15,17,26H,8-9,22H2,1-3H3,(H,23,29)(H,24,31)(H,25,30)(H,27,28)(H,32,33). The molecule has 0 saturated carbocycles. The summed E-state index contributed by atoms with van der Waals surface area (Å²) in [6, 6.07) is 1.02. The number of hydrogen-bond acceptors (Lipinski definition) is 7. The summed E-state index contributed by atoms with van der Waals surface area (Å²) < 4.78 is 0. The molecule has 0 bridgehead atoms. The van der Waals surface area contributed by atoms with Crippen molar-refractivity contribution >= 4 is 29.7 Å². The maximum Gasteiger partial charge on any atom is 0.326 e. The second-order valence-corrected chi connectivity index (χ2v) is 7.95. The molecule has 0 aliphatic rings. The number of aromatic hydroxyl groups is 1. The average Bonchev–Trinajstić information content (AvgIpc) is 2.71. The number of benzene rings is 1. The molecule has 0 fully saturated rings. The summed E-state index contributed by atoms with van der Waals surface area (Å²) in [6.45, 7) is 4.64. The summed E-state index contributed by atoms with van der Waals surface area (Å²) in [6.07, 6.45) is -0.818. The summed E-state index contributed by atoms with van der Waals surface area (Å²) in [7, 11) is 0. The number of phenolic OH excluding ortho intramolecular Hbond substituents is 1. The molecule has 8 N–H and O–H groups in total. The van der Waals surface area contributed by atoms with E-state index >= 15 is 0 Å². The summed E-state index contributed by atoms with van der Waals surface area (Å²) in [5.74, 6) is -5.64. The van der Waals surface area contributed by atoms with Crippen molar-refractivity contribution in [1.29, 1.82) is 0 Å². The lowest BCUT2D eigenvalue weighted by molar-refractivity contribution is -0.147. The molecule has 0 spiro atoms. The Balaban J connectivity index is 3.05. The van der Waals surface area contributed by atoms with Crippen LogP contribution in [0.5, 0.6) is 5.75 Å². The minimum absolute atomic E-state index is 0.0188. The van der Waals surface area contributed by atoms with Crippen LogP contribution in [0.2, 0.25) is 0 Å². The van der Waals surface area contributed by atoms with Gasteiger partial charge < -0.3 is 37.0 Å². The molecule has 4 atom stereocenters. The van der Waals surface area contributed by atoms with E-state index in [1.807, 2.05) is 0 Å². The number of carboxylic acid groups (broad SMARTS) is 2. The fourth-order valence-electron chi connectivity index (χ4n) is 2.81. The van der Waals surface area contributed by atoms with Gasteiger partial charge in [-0.05, 0) is 30.5 Å². The molecular weight excluding hydrogens is 436 g/mol. The molecule has 0 saturated heterocycles. The van der Waals surface area contributed by atoms with Crippen LogP contribution in [0, 0.1) is 5.92 Å². The number of aliphatic carboxylic acids is 2. The van der Waals surface area contributed by atoms with E-state index in [0.717, 1.165) is 0 Å². The van der Waals surface area contributed by atoms with Gasteiger partial charge in [-0.25, -0.2) is 4.79 Å². The van der Waals surface area contributed by atoms with Crippen LogP contribution >= 0.6 is 0 Å². The summed E-state index contributed by atoms with van der Waals surface area (Å²) in [5.41, 5.74) is 6.18. The number of amides is 3. The van der Waals surface area contributed by atoms with Crippen LogP contribution in [0.1, 0.15) is 32.8 Å². The zero-order valence-corrected chi connectivity index (χ0v) is 18.6. The Morgan fingerprint density at radius 1 is 0.848 bits per heavy atom. The van der Waals surface area contributed by atoms with Gasteiger partial charge in [0, 0.05) is 6.42 Å². The van der Waals surface area contributed by atoms with Gasteiger partial charge in [-0.2, -0.15) is 0 Å². The monoisotopic (exact) mass is 466 g/mol. The molecule has 4 unspecified atom stereocenters. The fraction of sp³-hybridized carbons (Fsp3) is 0.476. The third-order valence-electron chi connectivity index (χ3n) is 4.66. The number of carboxylic acids is 2. The molecule has 0 aliphatic heterocycles. The number of nitrogens with two attached hydrogens (primary N) is 1. The van der Waals surface area contributed by atoms with Gasteiger partial charge in [0.15, 0.2) is 0 Å². The Labute approximate surface area is 190 Å². The molecule has 12 heteroatoms. The Morgan fingerprint density at radius 3 is 1.85 bits per heavy atom. The van der Waals surface area contributed by atoms with Crippen LogP contribution in [0.15, 0.2) is 24.3 Å². The van der Waals surface area contributed by atoms with E-state index in [4.69, 9.17) is 15.9 Å². The van der Waals surface area contributed by atoms with Crippen molar-refractivity contribution < 1.29 is 39.3 Å². The molecule has 12 nitrogen and oxygen atoms in total. The van der Waals surface area contributed by atoms with Crippen LogP contribution in [0.4, 0.5) is 0 Å². The van der Waals surface area contributed by atoms with E-state index in [9.17, 15) is 29.1 Å². The van der Waals surface area contributed by atoms with E-state index in [1.54, 1.807) is 26.0 Å². The van der Waals surface area contributed by atoms with Crippen molar-refractivity contribution in [3.05, 3.63) is 29.8 Å². The van der Waals surface area contributed by atoms with Gasteiger partial charge in [-0.3, -0.25) is 19.2 Å². The SMILES string of the molecule is CC(N)C(=O)NC(Cc1ccc(O)cc1)C(=O)NC(C(=O)NC(CC(=O)O)C(=O)O)C(C)C. The van der Waals surface area contributed by atoms with E-state index in [1.165, 1.54) is 19.1 Å². The first-order valence-corrected chi connectivity index (χ1v) is 10.2. The van der Waals surface area contributed by atoms with Crippen molar-refractivity contribution in [3.63, 3.8) is 0 Å².